The maximum absolute atomic E-state index is 12.4. The first-order valence-electron chi connectivity index (χ1n) is 9.85. The summed E-state index contributed by atoms with van der Waals surface area (Å²) in [6, 6.07) is 0.602. The molecular weight excluding hydrogens is 298 g/mol. The molecule has 4 heteroatoms. The lowest BCUT2D eigenvalue weighted by Gasteiger charge is -2.18. The molecule has 0 aliphatic heterocycles. The highest BCUT2D eigenvalue weighted by Crippen LogP contribution is 2.34. The monoisotopic (exact) mass is 327 g/mol. The van der Waals surface area contributed by atoms with Gasteiger partial charge in [0.05, 0.1) is 18.3 Å². The zero-order valence-electron chi connectivity index (χ0n) is 14.6. The molecule has 1 atom stereocenters. The predicted octanol–water partition coefficient (Wildman–Crippen LogP) is 3.85. The summed E-state index contributed by atoms with van der Waals surface area (Å²) >= 11 is 0. The number of nitrogens with zero attached hydrogens (tertiary/aromatic N) is 2. The van der Waals surface area contributed by atoms with Gasteiger partial charge in [-0.25, -0.2) is 0 Å². The van der Waals surface area contributed by atoms with Crippen LogP contribution in [0.15, 0.2) is 12.2 Å². The van der Waals surface area contributed by atoms with E-state index in [9.17, 15) is 4.79 Å². The predicted molar refractivity (Wildman–Crippen MR) is 94.7 cm³/mol. The van der Waals surface area contributed by atoms with Gasteiger partial charge in [-0.3, -0.25) is 9.48 Å². The fraction of sp³-hybridized carbons (Fsp3) is 0.700. The minimum Gasteiger partial charge on any atom is -0.350 e. The van der Waals surface area contributed by atoms with E-state index >= 15 is 0 Å². The molecule has 1 amide bonds. The third kappa shape index (κ3) is 3.15. The molecule has 1 fully saturated rings. The van der Waals surface area contributed by atoms with E-state index in [0.717, 1.165) is 31.4 Å². The second-order valence-corrected chi connectivity index (χ2v) is 7.66. The summed E-state index contributed by atoms with van der Waals surface area (Å²) in [6.07, 6.45) is 17.3. The summed E-state index contributed by atoms with van der Waals surface area (Å²) in [6.45, 7) is 0.612. The van der Waals surface area contributed by atoms with Crippen LogP contribution in [0.2, 0.25) is 0 Å². The average Bonchev–Trinajstić information content (AvgIpc) is 3.28. The van der Waals surface area contributed by atoms with Crippen molar-refractivity contribution in [2.75, 3.05) is 0 Å². The minimum absolute atomic E-state index is 0.155. The molecule has 3 aliphatic carbocycles. The Morgan fingerprint density at radius 2 is 1.96 bits per heavy atom. The number of carbonyl (C=O) groups is 1. The van der Waals surface area contributed by atoms with Crippen molar-refractivity contribution in [1.29, 1.82) is 0 Å². The van der Waals surface area contributed by atoms with Gasteiger partial charge in [-0.15, -0.1) is 0 Å². The van der Waals surface area contributed by atoms with Crippen molar-refractivity contribution in [2.24, 2.45) is 5.92 Å². The van der Waals surface area contributed by atoms with Crippen LogP contribution in [-0.2, 0) is 24.2 Å². The normalized spacial score (nSPS) is 24.1. The smallest absolute Gasteiger partial charge is 0.223 e. The van der Waals surface area contributed by atoms with Crippen molar-refractivity contribution >= 4 is 5.91 Å². The van der Waals surface area contributed by atoms with Crippen LogP contribution in [0.3, 0.4) is 0 Å². The number of nitrogens with one attached hydrogen (secondary N) is 1. The molecule has 0 unspecified atom stereocenters. The van der Waals surface area contributed by atoms with Crippen LogP contribution in [0.25, 0.3) is 0 Å². The Kier molecular flexibility index (Phi) is 4.72. The molecule has 1 heterocycles. The van der Waals surface area contributed by atoms with Gasteiger partial charge in [0.15, 0.2) is 0 Å². The zero-order chi connectivity index (χ0) is 16.4. The molecule has 24 heavy (non-hydrogen) atoms. The molecule has 1 aromatic rings. The van der Waals surface area contributed by atoms with Crippen molar-refractivity contribution in [3.8, 4) is 0 Å². The van der Waals surface area contributed by atoms with Crippen LogP contribution < -0.4 is 5.32 Å². The van der Waals surface area contributed by atoms with Crippen molar-refractivity contribution in [2.45, 2.75) is 83.2 Å². The van der Waals surface area contributed by atoms with Crippen LogP contribution in [0, 0.1) is 5.92 Å². The third-order valence-corrected chi connectivity index (χ3v) is 6.03. The minimum atomic E-state index is 0.155. The van der Waals surface area contributed by atoms with E-state index in [1.807, 2.05) is 0 Å². The number of hydrogen-bond acceptors (Lipinski definition) is 2. The van der Waals surface area contributed by atoms with Gasteiger partial charge >= 0.3 is 0 Å². The molecule has 1 saturated carbocycles. The van der Waals surface area contributed by atoms with Gasteiger partial charge in [-0.05, 0) is 63.4 Å². The Hall–Kier alpha value is -1.58. The number of carbonyl (C=O) groups excluding carboxylic acids is 1. The highest BCUT2D eigenvalue weighted by atomic mass is 16.1. The first-order valence-corrected chi connectivity index (χ1v) is 9.85. The maximum Gasteiger partial charge on any atom is 0.223 e. The molecule has 4 rings (SSSR count). The summed E-state index contributed by atoms with van der Waals surface area (Å²) in [5.74, 6) is 0.363. The highest BCUT2D eigenvalue weighted by Gasteiger charge is 2.27. The Morgan fingerprint density at radius 3 is 2.75 bits per heavy atom. The van der Waals surface area contributed by atoms with Crippen LogP contribution in [0.4, 0.5) is 0 Å². The van der Waals surface area contributed by atoms with E-state index in [0.29, 0.717) is 12.6 Å². The van der Waals surface area contributed by atoms with E-state index in [1.54, 1.807) is 0 Å². The summed E-state index contributed by atoms with van der Waals surface area (Å²) in [5.41, 5.74) is 4.05. The van der Waals surface area contributed by atoms with Crippen molar-refractivity contribution in [3.63, 3.8) is 0 Å². The second kappa shape index (κ2) is 7.12. The first kappa shape index (κ1) is 15.9. The zero-order valence-corrected chi connectivity index (χ0v) is 14.6. The van der Waals surface area contributed by atoms with Crippen molar-refractivity contribution in [3.05, 3.63) is 29.1 Å². The summed E-state index contributed by atoms with van der Waals surface area (Å²) in [7, 11) is 0. The van der Waals surface area contributed by atoms with Gasteiger partial charge in [0, 0.05) is 11.6 Å². The molecule has 0 aromatic carbocycles. The molecule has 4 nitrogen and oxygen atoms in total. The number of rotatable bonds is 4. The molecule has 0 bridgehead atoms. The number of fused-ring (bicyclic) bond motifs is 1. The summed E-state index contributed by atoms with van der Waals surface area (Å²) in [5, 5.41) is 8.15. The lowest BCUT2D eigenvalue weighted by atomic mass is 9.93. The molecule has 130 valence electrons. The lowest BCUT2D eigenvalue weighted by molar-refractivity contribution is -0.125. The van der Waals surface area contributed by atoms with Gasteiger partial charge in [-0.2, -0.15) is 5.10 Å². The van der Waals surface area contributed by atoms with Crippen molar-refractivity contribution in [1.82, 2.24) is 15.1 Å². The molecular formula is C20H29N3O. The molecule has 1 aromatic heterocycles. The molecule has 1 N–H and O–H groups in total. The Morgan fingerprint density at radius 1 is 1.12 bits per heavy atom. The fourth-order valence-corrected chi connectivity index (χ4v) is 4.64. The average molecular weight is 327 g/mol. The largest absolute Gasteiger partial charge is 0.350 e. The van der Waals surface area contributed by atoms with Gasteiger partial charge in [-0.1, -0.05) is 25.0 Å². The van der Waals surface area contributed by atoms with Crippen LogP contribution in [0.5, 0.6) is 0 Å². The number of allylic oxidation sites excluding steroid dienone is 2. The number of hydrogen-bond donors (Lipinski definition) is 1. The highest BCUT2D eigenvalue weighted by molar-refractivity contribution is 5.78. The topological polar surface area (TPSA) is 46.9 Å². The van der Waals surface area contributed by atoms with Crippen LogP contribution in [0.1, 0.15) is 80.8 Å². The molecule has 0 saturated heterocycles. The van der Waals surface area contributed by atoms with Gasteiger partial charge in [0.2, 0.25) is 5.91 Å². The number of aromatic nitrogens is 2. The maximum atomic E-state index is 12.4. The Labute approximate surface area is 144 Å². The molecule has 3 aliphatic rings. The molecule has 0 spiro atoms. The van der Waals surface area contributed by atoms with Gasteiger partial charge < -0.3 is 5.32 Å². The SMILES string of the molecule is O=C(NCc1nn(C2CCCC2)c2c1CCCC2)[C@H]1CC=CCC1. The Balaban J connectivity index is 1.48. The van der Waals surface area contributed by atoms with E-state index in [-0.39, 0.29) is 11.8 Å². The van der Waals surface area contributed by atoms with Crippen molar-refractivity contribution < 1.29 is 4.79 Å². The molecule has 0 radical (unpaired) electrons. The summed E-state index contributed by atoms with van der Waals surface area (Å²) in [4.78, 5) is 12.4. The van der Waals surface area contributed by atoms with E-state index in [4.69, 9.17) is 5.10 Å². The standard InChI is InChI=1S/C20H29N3O/c24-20(15-8-2-1-3-9-15)21-14-18-17-12-6-7-13-19(17)23(22-18)16-10-4-5-11-16/h1-2,15-16H,3-14H2,(H,21,24)/t15-/m0/s1. The van der Waals surface area contributed by atoms with E-state index in [1.165, 1.54) is 56.2 Å². The first-order chi connectivity index (χ1) is 11.8. The van der Waals surface area contributed by atoms with E-state index < -0.39 is 0 Å². The van der Waals surface area contributed by atoms with Crippen LogP contribution >= 0.6 is 0 Å². The Bertz CT molecular complexity index is 625. The fourth-order valence-electron chi connectivity index (χ4n) is 4.64. The second-order valence-electron chi connectivity index (χ2n) is 7.66. The van der Waals surface area contributed by atoms with E-state index in [2.05, 4.69) is 22.2 Å². The quantitative estimate of drug-likeness (QED) is 0.854. The third-order valence-electron chi connectivity index (χ3n) is 6.03. The lowest BCUT2D eigenvalue weighted by Crippen LogP contribution is -2.31. The van der Waals surface area contributed by atoms with Gasteiger partial charge in [0.25, 0.3) is 0 Å². The summed E-state index contributed by atoms with van der Waals surface area (Å²) < 4.78 is 2.34. The van der Waals surface area contributed by atoms with Gasteiger partial charge in [0.1, 0.15) is 0 Å². The van der Waals surface area contributed by atoms with Crippen LogP contribution in [-0.4, -0.2) is 15.7 Å². The number of amides is 1.